The molecule has 0 spiro atoms. The summed E-state index contributed by atoms with van der Waals surface area (Å²) in [7, 11) is 0. The van der Waals surface area contributed by atoms with Gasteiger partial charge in [0.15, 0.2) is 0 Å². The summed E-state index contributed by atoms with van der Waals surface area (Å²) in [6.07, 6.45) is 0.179. The summed E-state index contributed by atoms with van der Waals surface area (Å²) in [5.41, 5.74) is 1.05. The largest absolute Gasteiger partial charge is 0.370 e. The van der Waals surface area contributed by atoms with Gasteiger partial charge in [-0.15, -0.1) is 0 Å². The van der Waals surface area contributed by atoms with Crippen LogP contribution in [0.1, 0.15) is 24.5 Å². The zero-order chi connectivity index (χ0) is 17.6. The average molecular weight is 345 g/mol. The van der Waals surface area contributed by atoms with Gasteiger partial charge in [-0.1, -0.05) is 30.3 Å². The fourth-order valence-corrected chi connectivity index (χ4v) is 3.13. The van der Waals surface area contributed by atoms with E-state index in [2.05, 4.69) is 5.32 Å². The molecule has 7 nitrogen and oxygen atoms in total. The Morgan fingerprint density at radius 2 is 1.80 bits per heavy atom. The Labute approximate surface area is 146 Å². The second-order valence-electron chi connectivity index (χ2n) is 6.28. The van der Waals surface area contributed by atoms with Crippen LogP contribution in [-0.2, 0) is 19.1 Å². The molecule has 2 saturated heterocycles. The molecule has 2 fully saturated rings. The second kappa shape index (κ2) is 8.11. The van der Waals surface area contributed by atoms with Crippen LogP contribution in [0.25, 0.3) is 0 Å². The van der Waals surface area contributed by atoms with Crippen LogP contribution in [0.3, 0.4) is 0 Å². The molecule has 3 rings (SSSR count). The molecule has 1 aromatic carbocycles. The molecule has 25 heavy (non-hydrogen) atoms. The third-order valence-electron chi connectivity index (χ3n) is 4.53. The van der Waals surface area contributed by atoms with Crippen LogP contribution < -0.4 is 5.32 Å². The summed E-state index contributed by atoms with van der Waals surface area (Å²) in [6.45, 7) is 2.60. The van der Waals surface area contributed by atoms with Gasteiger partial charge in [0.05, 0.1) is 19.7 Å². The van der Waals surface area contributed by atoms with E-state index >= 15 is 0 Å². The van der Waals surface area contributed by atoms with E-state index < -0.39 is 0 Å². The summed E-state index contributed by atoms with van der Waals surface area (Å²) < 4.78 is 5.76. The Balaban J connectivity index is 1.49. The second-order valence-corrected chi connectivity index (χ2v) is 6.28. The molecule has 1 N–H and O–H groups in total. The Hall–Kier alpha value is -2.41. The standard InChI is InChI=1S/C18H23N3O4/c22-16-13-20(9-8-19-16)17(23)6-7-18(24)21-10-11-25-15(12-21)14-4-2-1-3-5-14/h1-5,15H,6-13H2,(H,19,22). The predicted octanol–water partition coefficient (Wildman–Crippen LogP) is 0.325. The number of carbonyl (C=O) groups is 3. The number of nitrogens with one attached hydrogen (secondary N) is 1. The Morgan fingerprint density at radius 3 is 2.52 bits per heavy atom. The van der Waals surface area contributed by atoms with Gasteiger partial charge < -0.3 is 19.9 Å². The topological polar surface area (TPSA) is 79.0 Å². The van der Waals surface area contributed by atoms with E-state index in [1.165, 1.54) is 4.90 Å². The predicted molar refractivity (Wildman–Crippen MR) is 90.5 cm³/mol. The van der Waals surface area contributed by atoms with Gasteiger partial charge in [-0.25, -0.2) is 0 Å². The minimum atomic E-state index is -0.148. The van der Waals surface area contributed by atoms with E-state index in [1.54, 1.807) is 4.90 Å². The van der Waals surface area contributed by atoms with Gasteiger partial charge in [0.1, 0.15) is 6.10 Å². The molecule has 7 heteroatoms. The summed E-state index contributed by atoms with van der Waals surface area (Å²) >= 11 is 0. The molecule has 1 atom stereocenters. The van der Waals surface area contributed by atoms with Gasteiger partial charge in [0.2, 0.25) is 17.7 Å². The highest BCUT2D eigenvalue weighted by Gasteiger charge is 2.27. The normalized spacial score (nSPS) is 21.0. The van der Waals surface area contributed by atoms with Gasteiger partial charge in [-0.3, -0.25) is 14.4 Å². The molecule has 2 heterocycles. The van der Waals surface area contributed by atoms with E-state index in [-0.39, 0.29) is 43.2 Å². The Morgan fingerprint density at radius 1 is 1.08 bits per heavy atom. The summed E-state index contributed by atoms with van der Waals surface area (Å²) in [5, 5.41) is 2.68. The lowest BCUT2D eigenvalue weighted by Gasteiger charge is -2.33. The van der Waals surface area contributed by atoms with Crippen LogP contribution in [0.15, 0.2) is 30.3 Å². The van der Waals surface area contributed by atoms with Crippen LogP contribution in [0, 0.1) is 0 Å². The maximum atomic E-state index is 12.4. The molecule has 1 unspecified atom stereocenters. The first-order chi connectivity index (χ1) is 12.1. The van der Waals surface area contributed by atoms with Crippen molar-refractivity contribution in [3.63, 3.8) is 0 Å². The highest BCUT2D eigenvalue weighted by Crippen LogP contribution is 2.22. The van der Waals surface area contributed by atoms with Crippen LogP contribution in [0.4, 0.5) is 0 Å². The number of rotatable bonds is 4. The highest BCUT2D eigenvalue weighted by molar-refractivity contribution is 5.88. The number of hydrogen-bond acceptors (Lipinski definition) is 4. The molecule has 0 aromatic heterocycles. The number of hydrogen-bond donors (Lipinski definition) is 1. The Bertz CT molecular complexity index is 634. The smallest absolute Gasteiger partial charge is 0.239 e. The fourth-order valence-electron chi connectivity index (χ4n) is 3.13. The van der Waals surface area contributed by atoms with Gasteiger partial charge in [-0.05, 0) is 5.56 Å². The minimum Gasteiger partial charge on any atom is -0.370 e. The first-order valence-electron chi connectivity index (χ1n) is 8.62. The van der Waals surface area contributed by atoms with Gasteiger partial charge in [0.25, 0.3) is 0 Å². The molecule has 134 valence electrons. The summed E-state index contributed by atoms with van der Waals surface area (Å²) in [6, 6.07) is 9.83. The lowest BCUT2D eigenvalue weighted by molar-refractivity contribution is -0.143. The van der Waals surface area contributed by atoms with Crippen molar-refractivity contribution in [1.29, 1.82) is 0 Å². The molecular weight excluding hydrogens is 322 g/mol. The van der Waals surface area contributed by atoms with Gasteiger partial charge in [-0.2, -0.15) is 0 Å². The SMILES string of the molecule is O=C1CN(C(=O)CCC(=O)N2CCOC(c3ccccc3)C2)CCN1. The third-order valence-corrected chi connectivity index (χ3v) is 4.53. The van der Waals surface area contributed by atoms with Crippen molar-refractivity contribution in [2.75, 3.05) is 39.3 Å². The molecule has 0 radical (unpaired) electrons. The van der Waals surface area contributed by atoms with E-state index in [0.717, 1.165) is 5.56 Å². The molecular formula is C18H23N3O4. The van der Waals surface area contributed by atoms with Crippen LogP contribution in [0.5, 0.6) is 0 Å². The van der Waals surface area contributed by atoms with Crippen molar-refractivity contribution in [2.45, 2.75) is 18.9 Å². The van der Waals surface area contributed by atoms with Crippen molar-refractivity contribution in [3.05, 3.63) is 35.9 Å². The highest BCUT2D eigenvalue weighted by atomic mass is 16.5. The summed E-state index contributed by atoms with van der Waals surface area (Å²) in [4.78, 5) is 39.2. The lowest BCUT2D eigenvalue weighted by Crippen LogP contribution is -2.50. The van der Waals surface area contributed by atoms with Crippen LogP contribution in [-0.4, -0.2) is 66.9 Å². The quantitative estimate of drug-likeness (QED) is 0.853. The number of carbonyl (C=O) groups excluding carboxylic acids is 3. The zero-order valence-electron chi connectivity index (χ0n) is 14.1. The van der Waals surface area contributed by atoms with Crippen molar-refractivity contribution in [3.8, 4) is 0 Å². The monoisotopic (exact) mass is 345 g/mol. The average Bonchev–Trinajstić information content (AvgIpc) is 2.66. The molecule has 2 aliphatic heterocycles. The maximum Gasteiger partial charge on any atom is 0.239 e. The number of benzene rings is 1. The fraction of sp³-hybridized carbons (Fsp3) is 0.500. The molecule has 0 saturated carbocycles. The van der Waals surface area contributed by atoms with Crippen LogP contribution in [0.2, 0.25) is 0 Å². The lowest BCUT2D eigenvalue weighted by atomic mass is 10.1. The van der Waals surface area contributed by atoms with E-state index in [9.17, 15) is 14.4 Å². The maximum absolute atomic E-state index is 12.4. The zero-order valence-corrected chi connectivity index (χ0v) is 14.1. The molecule has 0 bridgehead atoms. The molecule has 2 aliphatic rings. The van der Waals surface area contributed by atoms with E-state index in [4.69, 9.17) is 4.74 Å². The van der Waals surface area contributed by atoms with E-state index in [1.807, 2.05) is 30.3 Å². The number of piperazine rings is 1. The van der Waals surface area contributed by atoms with Crippen molar-refractivity contribution >= 4 is 17.7 Å². The number of amides is 3. The molecule has 0 aliphatic carbocycles. The van der Waals surface area contributed by atoms with Crippen molar-refractivity contribution in [1.82, 2.24) is 15.1 Å². The Kier molecular flexibility index (Phi) is 5.65. The summed E-state index contributed by atoms with van der Waals surface area (Å²) in [5.74, 6) is -0.333. The minimum absolute atomic E-state index is 0.0426. The van der Waals surface area contributed by atoms with Crippen molar-refractivity contribution < 1.29 is 19.1 Å². The van der Waals surface area contributed by atoms with Gasteiger partial charge in [0, 0.05) is 32.5 Å². The van der Waals surface area contributed by atoms with E-state index in [0.29, 0.717) is 32.8 Å². The third kappa shape index (κ3) is 4.57. The number of ether oxygens (including phenoxy) is 1. The molecule has 3 amide bonds. The number of nitrogens with zero attached hydrogens (tertiary/aromatic N) is 2. The molecule has 1 aromatic rings. The van der Waals surface area contributed by atoms with Crippen LogP contribution >= 0.6 is 0 Å². The van der Waals surface area contributed by atoms with Crippen molar-refractivity contribution in [2.24, 2.45) is 0 Å². The number of morpholine rings is 1. The first-order valence-corrected chi connectivity index (χ1v) is 8.62. The first kappa shape index (κ1) is 17.4. The van der Waals surface area contributed by atoms with Gasteiger partial charge >= 0.3 is 0 Å².